The van der Waals surface area contributed by atoms with Gasteiger partial charge in [-0.3, -0.25) is 9.69 Å². The van der Waals surface area contributed by atoms with E-state index in [1.54, 1.807) is 6.20 Å². The molecule has 1 atom stereocenters. The molecule has 0 aliphatic carbocycles. The Balaban J connectivity index is 0.00000306. The summed E-state index contributed by atoms with van der Waals surface area (Å²) in [5.74, 6) is 2.49. The molecule has 1 aromatic carbocycles. The average Bonchev–Trinajstić information content (AvgIpc) is 3.54. The van der Waals surface area contributed by atoms with Crippen molar-refractivity contribution in [3.63, 3.8) is 0 Å². The lowest BCUT2D eigenvalue weighted by Crippen LogP contribution is -2.57. The zero-order chi connectivity index (χ0) is 22.3. The molecule has 1 aromatic heterocycles. The number of likely N-dealkylation sites (tertiary alicyclic amines) is 1. The lowest BCUT2D eigenvalue weighted by atomic mass is 10.2. The number of hydrogen-bond acceptors (Lipinski definition) is 5. The lowest BCUT2D eigenvalue weighted by Gasteiger charge is -2.39. The standard InChI is InChI=1S/C24H34N6O2.HI/c1-3-25-24(27-18-22-26-17-21(32-22)20-9-5-4-6-10-20)30-15-13-28(14-16-30)19(2)23(31)29-11-7-8-12-29;/h4-6,9-10,17,19H,3,7-8,11-16,18H2,1-2H3,(H,25,27);1H. The fourth-order valence-corrected chi connectivity index (χ4v) is 4.37. The van der Waals surface area contributed by atoms with Crippen molar-refractivity contribution in [3.8, 4) is 11.3 Å². The third-order valence-electron chi connectivity index (χ3n) is 6.25. The monoisotopic (exact) mass is 566 g/mol. The van der Waals surface area contributed by atoms with Gasteiger partial charge in [0.15, 0.2) is 11.7 Å². The van der Waals surface area contributed by atoms with Crippen molar-refractivity contribution >= 4 is 35.8 Å². The number of rotatable bonds is 6. The van der Waals surface area contributed by atoms with Crippen LogP contribution in [0.3, 0.4) is 0 Å². The van der Waals surface area contributed by atoms with E-state index in [1.165, 1.54) is 0 Å². The van der Waals surface area contributed by atoms with Gasteiger partial charge in [0.1, 0.15) is 6.54 Å². The second kappa shape index (κ2) is 12.4. The Morgan fingerprint density at radius 1 is 1.09 bits per heavy atom. The summed E-state index contributed by atoms with van der Waals surface area (Å²) in [6.07, 6.45) is 4.02. The van der Waals surface area contributed by atoms with Crippen LogP contribution in [0.2, 0.25) is 0 Å². The molecule has 1 N–H and O–H groups in total. The first kappa shape index (κ1) is 25.5. The number of nitrogens with one attached hydrogen (secondary N) is 1. The van der Waals surface area contributed by atoms with Gasteiger partial charge < -0.3 is 19.5 Å². The number of benzene rings is 1. The maximum absolute atomic E-state index is 12.7. The number of carbonyl (C=O) groups excluding carboxylic acids is 1. The Morgan fingerprint density at radius 2 is 1.79 bits per heavy atom. The quantitative estimate of drug-likeness (QED) is 0.329. The summed E-state index contributed by atoms with van der Waals surface area (Å²) >= 11 is 0. The van der Waals surface area contributed by atoms with Gasteiger partial charge in [0.2, 0.25) is 11.8 Å². The maximum atomic E-state index is 12.7. The van der Waals surface area contributed by atoms with Crippen LogP contribution in [-0.2, 0) is 11.3 Å². The average molecular weight is 566 g/mol. The number of nitrogens with zero attached hydrogens (tertiary/aromatic N) is 5. The van der Waals surface area contributed by atoms with Crippen LogP contribution in [0.5, 0.6) is 0 Å². The zero-order valence-electron chi connectivity index (χ0n) is 19.6. The van der Waals surface area contributed by atoms with Gasteiger partial charge in [0, 0.05) is 51.4 Å². The maximum Gasteiger partial charge on any atom is 0.239 e. The number of halogens is 1. The van der Waals surface area contributed by atoms with Gasteiger partial charge in [0.05, 0.1) is 12.2 Å². The topological polar surface area (TPSA) is 77.2 Å². The molecule has 3 heterocycles. The number of aliphatic imine (C=N–C) groups is 1. The molecule has 4 rings (SSSR count). The number of carbonyl (C=O) groups is 1. The smallest absolute Gasteiger partial charge is 0.239 e. The molecule has 9 heteroatoms. The number of amides is 1. The third-order valence-corrected chi connectivity index (χ3v) is 6.25. The largest absolute Gasteiger partial charge is 0.439 e. The summed E-state index contributed by atoms with van der Waals surface area (Å²) in [5.41, 5.74) is 1.01. The number of hydrogen-bond donors (Lipinski definition) is 1. The molecule has 0 spiro atoms. The molecule has 0 saturated carbocycles. The van der Waals surface area contributed by atoms with Crippen LogP contribution < -0.4 is 5.32 Å². The molecule has 2 saturated heterocycles. The summed E-state index contributed by atoms with van der Waals surface area (Å²) in [6, 6.07) is 9.91. The van der Waals surface area contributed by atoms with Gasteiger partial charge in [-0.05, 0) is 26.7 Å². The summed E-state index contributed by atoms with van der Waals surface area (Å²) < 4.78 is 5.89. The minimum atomic E-state index is -0.0569. The molecular formula is C24H35IN6O2. The van der Waals surface area contributed by atoms with Gasteiger partial charge in [-0.25, -0.2) is 9.98 Å². The second-order valence-electron chi connectivity index (χ2n) is 8.39. The van der Waals surface area contributed by atoms with E-state index < -0.39 is 0 Å². The Morgan fingerprint density at radius 3 is 2.45 bits per heavy atom. The SMILES string of the molecule is CCNC(=NCc1ncc(-c2ccccc2)o1)N1CCN(C(C)C(=O)N2CCCC2)CC1.I. The summed E-state index contributed by atoms with van der Waals surface area (Å²) in [4.78, 5) is 28.5. The first-order valence-corrected chi connectivity index (χ1v) is 11.7. The van der Waals surface area contributed by atoms with Crippen molar-refractivity contribution in [2.75, 3.05) is 45.8 Å². The summed E-state index contributed by atoms with van der Waals surface area (Å²) in [5, 5.41) is 3.39. The fraction of sp³-hybridized carbons (Fsp3) is 0.542. The van der Waals surface area contributed by atoms with E-state index in [9.17, 15) is 4.79 Å². The van der Waals surface area contributed by atoms with E-state index in [1.807, 2.05) is 42.2 Å². The second-order valence-corrected chi connectivity index (χ2v) is 8.39. The number of aromatic nitrogens is 1. The van der Waals surface area contributed by atoms with E-state index in [2.05, 4.69) is 27.0 Å². The normalized spacial score (nSPS) is 18.2. The molecule has 2 aliphatic heterocycles. The Labute approximate surface area is 213 Å². The van der Waals surface area contributed by atoms with Crippen LogP contribution in [0.15, 0.2) is 45.9 Å². The molecule has 2 aliphatic rings. The van der Waals surface area contributed by atoms with Gasteiger partial charge >= 0.3 is 0 Å². The number of oxazole rings is 1. The highest BCUT2D eigenvalue weighted by Gasteiger charge is 2.30. The molecule has 2 fully saturated rings. The highest BCUT2D eigenvalue weighted by Crippen LogP contribution is 2.20. The number of guanidine groups is 1. The van der Waals surface area contributed by atoms with Crippen LogP contribution >= 0.6 is 24.0 Å². The van der Waals surface area contributed by atoms with Crippen LogP contribution in [0.4, 0.5) is 0 Å². The van der Waals surface area contributed by atoms with Gasteiger partial charge in [-0.2, -0.15) is 0 Å². The van der Waals surface area contributed by atoms with Crippen molar-refractivity contribution in [3.05, 3.63) is 42.4 Å². The first-order chi connectivity index (χ1) is 15.7. The van der Waals surface area contributed by atoms with E-state index in [-0.39, 0.29) is 35.9 Å². The molecular weight excluding hydrogens is 531 g/mol. The van der Waals surface area contributed by atoms with Gasteiger partial charge in [0.25, 0.3) is 0 Å². The van der Waals surface area contributed by atoms with Crippen LogP contribution in [0, 0.1) is 0 Å². The van der Waals surface area contributed by atoms with Crippen LogP contribution in [0.1, 0.15) is 32.6 Å². The summed E-state index contributed by atoms with van der Waals surface area (Å²) in [7, 11) is 0. The molecule has 8 nitrogen and oxygen atoms in total. The van der Waals surface area contributed by atoms with Crippen molar-refractivity contribution < 1.29 is 9.21 Å². The minimum Gasteiger partial charge on any atom is -0.439 e. The van der Waals surface area contributed by atoms with Crippen molar-refractivity contribution in [2.24, 2.45) is 4.99 Å². The molecule has 2 aromatic rings. The Kier molecular flexibility index (Phi) is 9.54. The molecule has 0 bridgehead atoms. The molecule has 180 valence electrons. The summed E-state index contributed by atoms with van der Waals surface area (Å²) in [6.45, 7) is 10.5. The number of piperazine rings is 1. The Hall–Kier alpha value is -2.14. The van der Waals surface area contributed by atoms with Crippen molar-refractivity contribution in [1.29, 1.82) is 0 Å². The minimum absolute atomic E-state index is 0. The van der Waals surface area contributed by atoms with E-state index >= 15 is 0 Å². The Bertz CT molecular complexity index is 905. The highest BCUT2D eigenvalue weighted by molar-refractivity contribution is 14.0. The van der Waals surface area contributed by atoms with E-state index in [0.29, 0.717) is 12.4 Å². The highest BCUT2D eigenvalue weighted by atomic mass is 127. The van der Waals surface area contributed by atoms with E-state index in [0.717, 1.165) is 75.9 Å². The van der Waals surface area contributed by atoms with Gasteiger partial charge in [-0.15, -0.1) is 24.0 Å². The predicted molar refractivity (Wildman–Crippen MR) is 141 cm³/mol. The van der Waals surface area contributed by atoms with Crippen molar-refractivity contribution in [1.82, 2.24) is 25.0 Å². The molecule has 33 heavy (non-hydrogen) atoms. The zero-order valence-corrected chi connectivity index (χ0v) is 21.9. The molecule has 1 unspecified atom stereocenters. The fourth-order valence-electron chi connectivity index (χ4n) is 4.37. The van der Waals surface area contributed by atoms with Crippen LogP contribution in [-0.4, -0.2) is 83.4 Å². The van der Waals surface area contributed by atoms with E-state index in [4.69, 9.17) is 9.41 Å². The molecule has 1 amide bonds. The lowest BCUT2D eigenvalue weighted by molar-refractivity contribution is -0.135. The molecule has 0 radical (unpaired) electrons. The predicted octanol–water partition coefficient (Wildman–Crippen LogP) is 3.05. The first-order valence-electron chi connectivity index (χ1n) is 11.7. The third kappa shape index (κ3) is 6.47. The van der Waals surface area contributed by atoms with Crippen LogP contribution in [0.25, 0.3) is 11.3 Å². The van der Waals surface area contributed by atoms with Crippen molar-refractivity contribution in [2.45, 2.75) is 39.3 Å². The van der Waals surface area contributed by atoms with Gasteiger partial charge in [-0.1, -0.05) is 30.3 Å².